The number of thiophene rings is 1. The molecule has 3 N–H and O–H groups in total. The van der Waals surface area contributed by atoms with Crippen molar-refractivity contribution in [3.05, 3.63) is 10.4 Å². The van der Waals surface area contributed by atoms with E-state index in [1.807, 2.05) is 13.8 Å². The zero-order valence-electron chi connectivity index (χ0n) is 9.16. The van der Waals surface area contributed by atoms with E-state index < -0.39 is 0 Å². The van der Waals surface area contributed by atoms with Gasteiger partial charge < -0.3 is 11.1 Å². The van der Waals surface area contributed by atoms with Gasteiger partial charge in [0.05, 0.1) is 9.90 Å². The Balaban J connectivity index is 3.13. The van der Waals surface area contributed by atoms with E-state index in [1.165, 1.54) is 23.1 Å². The van der Waals surface area contributed by atoms with Crippen molar-refractivity contribution in [1.82, 2.24) is 5.32 Å². The molecular weight excluding hydrogens is 242 g/mol. The summed E-state index contributed by atoms with van der Waals surface area (Å²) >= 11 is 2.82. The lowest BCUT2D eigenvalue weighted by Crippen LogP contribution is -2.22. The molecule has 4 nitrogen and oxygen atoms in total. The molecule has 0 fully saturated rings. The highest BCUT2D eigenvalue weighted by atomic mass is 32.2. The van der Waals surface area contributed by atoms with Gasteiger partial charge in [0.25, 0.3) is 5.91 Å². The molecule has 16 heavy (non-hydrogen) atoms. The molecule has 0 atom stereocenters. The Hall–Kier alpha value is -1.19. The van der Waals surface area contributed by atoms with Gasteiger partial charge in [-0.1, -0.05) is 6.92 Å². The minimum atomic E-state index is -0.204. The van der Waals surface area contributed by atoms with E-state index in [4.69, 9.17) is 11.0 Å². The maximum atomic E-state index is 11.7. The summed E-state index contributed by atoms with van der Waals surface area (Å²) in [5.74, 6) is 0.646. The quantitative estimate of drug-likeness (QED) is 0.807. The molecule has 0 spiro atoms. The van der Waals surface area contributed by atoms with Gasteiger partial charge in [-0.3, -0.25) is 4.79 Å². The van der Waals surface area contributed by atoms with Crippen LogP contribution in [0.15, 0.2) is 4.21 Å². The van der Waals surface area contributed by atoms with Crippen LogP contribution in [0.1, 0.15) is 29.1 Å². The number of nitrogens with two attached hydrogens (primary N) is 1. The largest absolute Gasteiger partial charge is 0.396 e. The molecular formula is C10H13N3OS2. The molecule has 1 heterocycles. The molecule has 0 saturated heterocycles. The topological polar surface area (TPSA) is 78.9 Å². The van der Waals surface area contributed by atoms with E-state index in [0.29, 0.717) is 22.7 Å². The van der Waals surface area contributed by atoms with E-state index in [0.717, 1.165) is 9.96 Å². The monoisotopic (exact) mass is 255 g/mol. The summed E-state index contributed by atoms with van der Waals surface area (Å²) in [4.78, 5) is 12.1. The van der Waals surface area contributed by atoms with Gasteiger partial charge in [0.1, 0.15) is 16.5 Å². The number of rotatable bonds is 4. The zero-order chi connectivity index (χ0) is 12.1. The average Bonchev–Trinajstić information content (AvgIpc) is 2.56. The number of nitrogens with one attached hydrogen (secondary N) is 1. The first-order valence-electron chi connectivity index (χ1n) is 4.89. The van der Waals surface area contributed by atoms with E-state index >= 15 is 0 Å². The summed E-state index contributed by atoms with van der Waals surface area (Å²) in [6.07, 6.45) is 0. The predicted octanol–water partition coefficient (Wildman–Crippen LogP) is 2.06. The summed E-state index contributed by atoms with van der Waals surface area (Å²) in [5.41, 5.74) is 6.52. The highest BCUT2D eigenvalue weighted by Crippen LogP contribution is 2.37. The Morgan fingerprint density at radius 1 is 1.62 bits per heavy atom. The lowest BCUT2D eigenvalue weighted by molar-refractivity contribution is 0.0960. The first kappa shape index (κ1) is 12.9. The number of carbonyl (C=O) groups is 1. The van der Waals surface area contributed by atoms with Crippen LogP contribution in [0, 0.1) is 11.3 Å². The molecule has 0 bridgehead atoms. The highest BCUT2D eigenvalue weighted by molar-refractivity contribution is 8.01. The third-order valence-electron chi connectivity index (χ3n) is 1.84. The number of nitrogen functional groups attached to an aromatic ring is 1. The Kier molecular flexibility index (Phi) is 4.65. The Labute approximate surface area is 103 Å². The fraction of sp³-hybridized carbons (Fsp3) is 0.400. The summed E-state index contributed by atoms with van der Waals surface area (Å²) in [5, 5.41) is 11.7. The molecule has 0 aliphatic carbocycles. The van der Waals surface area contributed by atoms with Crippen molar-refractivity contribution < 1.29 is 4.79 Å². The fourth-order valence-electron chi connectivity index (χ4n) is 1.17. The Bertz CT molecular complexity index is 434. The second-order valence-electron chi connectivity index (χ2n) is 2.91. The van der Waals surface area contributed by atoms with Crippen molar-refractivity contribution in [2.45, 2.75) is 18.1 Å². The van der Waals surface area contributed by atoms with Gasteiger partial charge in [-0.05, 0) is 12.7 Å². The fourth-order valence-corrected chi connectivity index (χ4v) is 3.39. The first-order chi connectivity index (χ1) is 7.65. The van der Waals surface area contributed by atoms with Gasteiger partial charge in [-0.25, -0.2) is 0 Å². The zero-order valence-corrected chi connectivity index (χ0v) is 10.8. The highest BCUT2D eigenvalue weighted by Gasteiger charge is 2.20. The third-order valence-corrected chi connectivity index (χ3v) is 4.20. The van der Waals surface area contributed by atoms with Crippen LogP contribution in [0.5, 0.6) is 0 Å². The number of nitrogens with zero attached hydrogens (tertiary/aromatic N) is 1. The summed E-state index contributed by atoms with van der Waals surface area (Å²) in [6, 6.07) is 2.05. The minimum absolute atomic E-state index is 0.204. The van der Waals surface area contributed by atoms with Gasteiger partial charge in [-0.2, -0.15) is 5.26 Å². The molecule has 6 heteroatoms. The van der Waals surface area contributed by atoms with Crippen molar-refractivity contribution in [2.24, 2.45) is 0 Å². The van der Waals surface area contributed by atoms with Crippen molar-refractivity contribution in [3.8, 4) is 6.07 Å². The van der Waals surface area contributed by atoms with Crippen LogP contribution in [0.25, 0.3) is 0 Å². The van der Waals surface area contributed by atoms with Gasteiger partial charge in [0.15, 0.2) is 0 Å². The number of hydrogen-bond acceptors (Lipinski definition) is 5. The lowest BCUT2D eigenvalue weighted by atomic mass is 10.2. The van der Waals surface area contributed by atoms with E-state index in [1.54, 1.807) is 0 Å². The molecule has 1 amide bonds. The molecule has 0 aliphatic rings. The van der Waals surface area contributed by atoms with Crippen molar-refractivity contribution in [2.75, 3.05) is 18.0 Å². The van der Waals surface area contributed by atoms with E-state index in [2.05, 4.69) is 11.4 Å². The maximum absolute atomic E-state index is 11.7. The average molecular weight is 255 g/mol. The molecule has 0 aliphatic heterocycles. The number of amides is 1. The third kappa shape index (κ3) is 2.49. The van der Waals surface area contributed by atoms with E-state index in [9.17, 15) is 4.79 Å². The Morgan fingerprint density at radius 3 is 2.81 bits per heavy atom. The minimum Gasteiger partial charge on any atom is -0.396 e. The number of hydrogen-bond donors (Lipinski definition) is 2. The lowest BCUT2D eigenvalue weighted by Gasteiger charge is -1.99. The maximum Gasteiger partial charge on any atom is 0.263 e. The molecule has 86 valence electrons. The Morgan fingerprint density at radius 2 is 2.31 bits per heavy atom. The van der Waals surface area contributed by atoms with Gasteiger partial charge in [-0.15, -0.1) is 23.1 Å². The van der Waals surface area contributed by atoms with Crippen LogP contribution in [-0.2, 0) is 0 Å². The van der Waals surface area contributed by atoms with Crippen LogP contribution >= 0.6 is 23.1 Å². The SMILES string of the molecule is CCNC(=O)c1sc(SCC)c(C#N)c1N. The van der Waals surface area contributed by atoms with Gasteiger partial charge >= 0.3 is 0 Å². The first-order valence-corrected chi connectivity index (χ1v) is 6.69. The normalized spacial score (nSPS) is 9.81. The van der Waals surface area contributed by atoms with Crippen LogP contribution in [0.3, 0.4) is 0 Å². The van der Waals surface area contributed by atoms with Crippen LogP contribution < -0.4 is 11.1 Å². The second-order valence-corrected chi connectivity index (χ2v) is 5.46. The number of carbonyl (C=O) groups excluding carboxylic acids is 1. The predicted molar refractivity (Wildman–Crippen MR) is 67.9 cm³/mol. The molecule has 1 aromatic heterocycles. The summed E-state index contributed by atoms with van der Waals surface area (Å²) in [7, 11) is 0. The number of nitriles is 1. The number of thioether (sulfide) groups is 1. The molecule has 1 rings (SSSR count). The molecule has 0 unspecified atom stereocenters. The smallest absolute Gasteiger partial charge is 0.263 e. The molecule has 1 aromatic rings. The second kappa shape index (κ2) is 5.77. The van der Waals surface area contributed by atoms with Gasteiger partial charge in [0, 0.05) is 6.54 Å². The molecule has 0 saturated carbocycles. The van der Waals surface area contributed by atoms with E-state index in [-0.39, 0.29) is 5.91 Å². The van der Waals surface area contributed by atoms with Crippen molar-refractivity contribution in [1.29, 1.82) is 5.26 Å². The summed E-state index contributed by atoms with van der Waals surface area (Å²) < 4.78 is 0.823. The standard InChI is InChI=1S/C10H13N3OS2/c1-3-13-9(14)8-7(12)6(5-11)10(16-8)15-4-2/h3-4,12H2,1-2H3,(H,13,14). The van der Waals surface area contributed by atoms with Crippen molar-refractivity contribution >= 4 is 34.7 Å². The van der Waals surface area contributed by atoms with Crippen LogP contribution in [0.2, 0.25) is 0 Å². The number of anilines is 1. The van der Waals surface area contributed by atoms with Gasteiger partial charge in [0.2, 0.25) is 0 Å². The van der Waals surface area contributed by atoms with Crippen LogP contribution in [-0.4, -0.2) is 18.2 Å². The molecule has 0 aromatic carbocycles. The van der Waals surface area contributed by atoms with Crippen molar-refractivity contribution in [3.63, 3.8) is 0 Å². The summed E-state index contributed by atoms with van der Waals surface area (Å²) in [6.45, 7) is 4.39. The molecule has 0 radical (unpaired) electrons. The van der Waals surface area contributed by atoms with Crippen LogP contribution in [0.4, 0.5) is 5.69 Å².